The van der Waals surface area contributed by atoms with Gasteiger partial charge in [0.1, 0.15) is 11.1 Å². The van der Waals surface area contributed by atoms with E-state index in [1.165, 1.54) is 5.56 Å². The molecule has 2 aliphatic rings. The van der Waals surface area contributed by atoms with Crippen molar-refractivity contribution in [1.29, 1.82) is 0 Å². The fourth-order valence-electron chi connectivity index (χ4n) is 5.64. The van der Waals surface area contributed by atoms with Gasteiger partial charge in [-0.15, -0.1) is 0 Å². The van der Waals surface area contributed by atoms with Crippen molar-refractivity contribution in [3.63, 3.8) is 0 Å². The molecule has 2 N–H and O–H groups in total. The SMILES string of the molecule is Cc1cc2nc3c(nc2cc1C)C1(C(=O)NNC(=O)c2ccccn2)CCC3(C)C1(C)C. The maximum absolute atomic E-state index is 13.7. The first kappa shape index (κ1) is 20.5. The van der Waals surface area contributed by atoms with Gasteiger partial charge in [-0.3, -0.25) is 25.4 Å². The fourth-order valence-corrected chi connectivity index (χ4v) is 5.64. The van der Waals surface area contributed by atoms with Gasteiger partial charge >= 0.3 is 0 Å². The Balaban J connectivity index is 1.57. The lowest BCUT2D eigenvalue weighted by Crippen LogP contribution is -2.55. The normalized spacial score (nSPS) is 24.9. The number of hydrogen-bond acceptors (Lipinski definition) is 5. The monoisotopic (exact) mass is 429 g/mol. The zero-order valence-corrected chi connectivity index (χ0v) is 19.0. The van der Waals surface area contributed by atoms with E-state index in [2.05, 4.69) is 56.5 Å². The largest absolute Gasteiger partial charge is 0.288 e. The van der Waals surface area contributed by atoms with Crippen LogP contribution in [0.3, 0.4) is 0 Å². The number of aryl methyl sites for hydroxylation is 2. The zero-order valence-electron chi connectivity index (χ0n) is 19.0. The molecule has 3 aromatic rings. The molecule has 7 heteroatoms. The van der Waals surface area contributed by atoms with Crippen molar-refractivity contribution in [2.24, 2.45) is 5.41 Å². The molecule has 7 nitrogen and oxygen atoms in total. The highest BCUT2D eigenvalue weighted by molar-refractivity contribution is 5.97. The average molecular weight is 430 g/mol. The molecule has 1 fully saturated rings. The van der Waals surface area contributed by atoms with Crippen LogP contribution in [0, 0.1) is 19.3 Å². The molecule has 164 valence electrons. The molecular weight excluding hydrogens is 402 g/mol. The van der Waals surface area contributed by atoms with E-state index < -0.39 is 16.7 Å². The molecule has 1 aromatic carbocycles. The van der Waals surface area contributed by atoms with Crippen LogP contribution in [0.15, 0.2) is 36.5 Å². The lowest BCUT2D eigenvalue weighted by atomic mass is 9.63. The number of aromatic nitrogens is 3. The summed E-state index contributed by atoms with van der Waals surface area (Å²) in [5, 5.41) is 0. The summed E-state index contributed by atoms with van der Waals surface area (Å²) in [7, 11) is 0. The summed E-state index contributed by atoms with van der Waals surface area (Å²) in [5.74, 6) is -0.713. The van der Waals surface area contributed by atoms with Crippen LogP contribution in [-0.2, 0) is 15.6 Å². The molecule has 5 rings (SSSR count). The minimum atomic E-state index is -0.880. The van der Waals surface area contributed by atoms with Crippen molar-refractivity contribution in [3.05, 3.63) is 64.7 Å². The third-order valence-electron chi connectivity index (χ3n) is 8.23. The molecule has 2 aliphatic carbocycles. The van der Waals surface area contributed by atoms with Crippen LogP contribution in [0.25, 0.3) is 11.0 Å². The summed E-state index contributed by atoms with van der Waals surface area (Å²) in [5.41, 5.74) is 9.46. The summed E-state index contributed by atoms with van der Waals surface area (Å²) in [6.07, 6.45) is 3.03. The quantitative estimate of drug-likeness (QED) is 0.609. The predicted octanol–water partition coefficient (Wildman–Crippen LogP) is 3.43. The van der Waals surface area contributed by atoms with Gasteiger partial charge in [0.05, 0.1) is 22.4 Å². The first-order valence-corrected chi connectivity index (χ1v) is 10.9. The van der Waals surface area contributed by atoms with Crippen LogP contribution in [0.4, 0.5) is 0 Å². The Kier molecular flexibility index (Phi) is 4.22. The number of nitrogens with one attached hydrogen (secondary N) is 2. The molecule has 2 atom stereocenters. The van der Waals surface area contributed by atoms with Gasteiger partial charge in [-0.2, -0.15) is 0 Å². The second kappa shape index (κ2) is 6.58. The molecule has 32 heavy (non-hydrogen) atoms. The Morgan fingerprint density at radius 1 is 0.906 bits per heavy atom. The Morgan fingerprint density at radius 3 is 2.19 bits per heavy atom. The van der Waals surface area contributed by atoms with Crippen molar-refractivity contribution >= 4 is 22.8 Å². The van der Waals surface area contributed by atoms with E-state index in [-0.39, 0.29) is 17.0 Å². The highest BCUT2D eigenvalue weighted by Crippen LogP contribution is 2.70. The first-order valence-electron chi connectivity index (χ1n) is 10.9. The van der Waals surface area contributed by atoms with Crippen molar-refractivity contribution in [2.75, 3.05) is 0 Å². The molecule has 2 aromatic heterocycles. The number of amides is 2. The molecule has 0 saturated heterocycles. The number of nitrogens with zero attached hydrogens (tertiary/aromatic N) is 3. The van der Waals surface area contributed by atoms with Gasteiger partial charge in [-0.05, 0) is 67.5 Å². The van der Waals surface area contributed by atoms with E-state index in [1.54, 1.807) is 24.4 Å². The Morgan fingerprint density at radius 2 is 1.56 bits per heavy atom. The average Bonchev–Trinajstić information content (AvgIpc) is 3.07. The molecule has 2 heterocycles. The summed E-state index contributed by atoms with van der Waals surface area (Å²) < 4.78 is 0. The van der Waals surface area contributed by atoms with Crippen molar-refractivity contribution in [3.8, 4) is 0 Å². The number of pyridine rings is 1. The van der Waals surface area contributed by atoms with E-state index in [0.29, 0.717) is 6.42 Å². The van der Waals surface area contributed by atoms with Crippen LogP contribution in [0.1, 0.15) is 66.6 Å². The number of hydrogen-bond donors (Lipinski definition) is 2. The number of carbonyl (C=O) groups is 2. The molecule has 0 radical (unpaired) electrons. The number of fused-ring (bicyclic) bond motifs is 6. The van der Waals surface area contributed by atoms with Crippen molar-refractivity contribution in [2.45, 2.75) is 58.3 Å². The highest BCUT2D eigenvalue weighted by Gasteiger charge is 2.73. The number of benzene rings is 1. The van der Waals surface area contributed by atoms with E-state index in [4.69, 9.17) is 9.97 Å². The van der Waals surface area contributed by atoms with Crippen LogP contribution in [0.5, 0.6) is 0 Å². The zero-order chi connectivity index (χ0) is 22.9. The third kappa shape index (κ3) is 2.45. The van der Waals surface area contributed by atoms with Crippen LogP contribution < -0.4 is 10.9 Å². The number of hydrazine groups is 1. The molecular formula is C25H27N5O2. The van der Waals surface area contributed by atoms with E-state index in [1.807, 2.05) is 6.07 Å². The van der Waals surface area contributed by atoms with Gasteiger partial charge < -0.3 is 0 Å². The molecule has 2 amide bonds. The van der Waals surface area contributed by atoms with E-state index >= 15 is 0 Å². The second-order valence-electron chi connectivity index (χ2n) is 9.83. The van der Waals surface area contributed by atoms with Crippen molar-refractivity contribution in [1.82, 2.24) is 25.8 Å². The highest BCUT2D eigenvalue weighted by atomic mass is 16.2. The predicted molar refractivity (Wildman–Crippen MR) is 121 cm³/mol. The summed E-state index contributed by atoms with van der Waals surface area (Å²) in [6.45, 7) is 10.5. The van der Waals surface area contributed by atoms with Gasteiger partial charge in [0.25, 0.3) is 11.8 Å². The standard InChI is InChI=1S/C25H27N5O2/c1-14-12-17-18(13-15(14)2)28-20-19(27-17)24(5)9-10-25(20,23(24,3)4)22(32)30-29-21(31)16-8-6-7-11-26-16/h6-8,11-13H,9-10H2,1-5H3,(H,29,31)(H,30,32). The maximum atomic E-state index is 13.7. The molecule has 1 saturated carbocycles. The van der Waals surface area contributed by atoms with E-state index in [9.17, 15) is 9.59 Å². The minimum Gasteiger partial charge on any atom is -0.272 e. The smallest absolute Gasteiger partial charge is 0.272 e. The third-order valence-corrected chi connectivity index (χ3v) is 8.23. The van der Waals surface area contributed by atoms with Crippen LogP contribution in [-0.4, -0.2) is 26.8 Å². The summed E-state index contributed by atoms with van der Waals surface area (Å²) in [6, 6.07) is 9.17. The second-order valence-corrected chi connectivity index (χ2v) is 9.83. The van der Waals surface area contributed by atoms with Gasteiger partial charge in [0.2, 0.25) is 0 Å². The Hall–Kier alpha value is -3.35. The lowest BCUT2D eigenvalue weighted by Gasteiger charge is -2.39. The molecule has 0 spiro atoms. The fraction of sp³-hybridized carbons (Fsp3) is 0.400. The van der Waals surface area contributed by atoms with Gasteiger partial charge in [-0.1, -0.05) is 26.8 Å². The van der Waals surface area contributed by atoms with Gasteiger partial charge in [0, 0.05) is 11.6 Å². The van der Waals surface area contributed by atoms with Gasteiger partial charge in [-0.25, -0.2) is 9.97 Å². The maximum Gasteiger partial charge on any atom is 0.288 e. The van der Waals surface area contributed by atoms with Crippen LogP contribution >= 0.6 is 0 Å². The molecule has 2 bridgehead atoms. The summed E-state index contributed by atoms with van der Waals surface area (Å²) >= 11 is 0. The Labute approximate surface area is 187 Å². The summed E-state index contributed by atoms with van der Waals surface area (Å²) in [4.78, 5) is 40.3. The number of rotatable bonds is 2. The molecule has 0 aliphatic heterocycles. The van der Waals surface area contributed by atoms with Crippen LogP contribution in [0.2, 0.25) is 0 Å². The lowest BCUT2D eigenvalue weighted by molar-refractivity contribution is -0.131. The Bertz CT molecular complexity index is 1290. The van der Waals surface area contributed by atoms with E-state index in [0.717, 1.165) is 34.4 Å². The van der Waals surface area contributed by atoms with Gasteiger partial charge in [0.15, 0.2) is 0 Å². The first-order chi connectivity index (χ1) is 15.1. The van der Waals surface area contributed by atoms with Crippen molar-refractivity contribution < 1.29 is 9.59 Å². The number of carbonyl (C=O) groups excluding carboxylic acids is 2. The minimum absolute atomic E-state index is 0.240. The molecule has 2 unspecified atom stereocenters. The topological polar surface area (TPSA) is 96.9 Å².